The summed E-state index contributed by atoms with van der Waals surface area (Å²) in [6, 6.07) is 13.3. The summed E-state index contributed by atoms with van der Waals surface area (Å²) in [6.07, 6.45) is -0.565. The Labute approximate surface area is 117 Å². The van der Waals surface area contributed by atoms with Crippen molar-refractivity contribution in [3.8, 4) is 5.75 Å². The molecule has 0 aliphatic rings. The molecule has 1 atom stereocenters. The molecule has 20 heavy (non-hydrogen) atoms. The van der Waals surface area contributed by atoms with Gasteiger partial charge in [-0.05, 0) is 43.2 Å². The summed E-state index contributed by atoms with van der Waals surface area (Å²) in [5.41, 5.74) is 1.27. The van der Waals surface area contributed by atoms with Crippen LogP contribution in [-0.4, -0.2) is 6.09 Å². The molecule has 2 aromatic rings. The number of aryl methyl sites for hydroxylation is 1. The quantitative estimate of drug-likeness (QED) is 0.918. The first-order valence-electron chi connectivity index (χ1n) is 6.35. The molecule has 2 rings (SSSR count). The van der Waals surface area contributed by atoms with Gasteiger partial charge >= 0.3 is 6.09 Å². The SMILES string of the molecule is Cc1ccc(C(C)NC(=O)Oc2ccccc2)cc1F. The van der Waals surface area contributed by atoms with Gasteiger partial charge in [-0.25, -0.2) is 9.18 Å². The maximum atomic E-state index is 13.5. The predicted octanol–water partition coefficient (Wildman–Crippen LogP) is 3.98. The Morgan fingerprint density at radius 2 is 1.90 bits per heavy atom. The molecule has 1 amide bonds. The predicted molar refractivity (Wildman–Crippen MR) is 75.2 cm³/mol. The van der Waals surface area contributed by atoms with Crippen LogP contribution in [0.4, 0.5) is 9.18 Å². The highest BCUT2D eigenvalue weighted by Gasteiger charge is 2.12. The van der Waals surface area contributed by atoms with E-state index in [1.54, 1.807) is 50.2 Å². The average molecular weight is 273 g/mol. The number of ether oxygens (including phenoxy) is 1. The third-order valence-corrected chi connectivity index (χ3v) is 2.98. The molecule has 1 N–H and O–H groups in total. The highest BCUT2D eigenvalue weighted by molar-refractivity contribution is 5.70. The van der Waals surface area contributed by atoms with Gasteiger partial charge in [-0.15, -0.1) is 0 Å². The lowest BCUT2D eigenvalue weighted by Gasteiger charge is -2.14. The van der Waals surface area contributed by atoms with Crippen molar-refractivity contribution in [2.75, 3.05) is 0 Å². The summed E-state index contributed by atoms with van der Waals surface area (Å²) >= 11 is 0. The van der Waals surface area contributed by atoms with Gasteiger partial charge in [0.1, 0.15) is 11.6 Å². The molecule has 0 fully saturated rings. The second kappa shape index (κ2) is 6.19. The minimum Gasteiger partial charge on any atom is -0.410 e. The Morgan fingerprint density at radius 1 is 1.20 bits per heavy atom. The first-order chi connectivity index (χ1) is 9.56. The molecule has 1 unspecified atom stereocenters. The maximum Gasteiger partial charge on any atom is 0.413 e. The summed E-state index contributed by atoms with van der Waals surface area (Å²) in [5.74, 6) is 0.180. The Hall–Kier alpha value is -2.36. The van der Waals surface area contributed by atoms with Crippen LogP contribution in [0.1, 0.15) is 24.1 Å². The van der Waals surface area contributed by atoms with Gasteiger partial charge in [0, 0.05) is 0 Å². The zero-order valence-corrected chi connectivity index (χ0v) is 11.4. The minimum absolute atomic E-state index is 0.285. The lowest BCUT2D eigenvalue weighted by molar-refractivity contribution is 0.197. The van der Waals surface area contributed by atoms with E-state index in [4.69, 9.17) is 4.74 Å². The number of hydrogen-bond donors (Lipinski definition) is 1. The second-order valence-corrected chi connectivity index (χ2v) is 4.58. The van der Waals surface area contributed by atoms with Gasteiger partial charge in [-0.2, -0.15) is 0 Å². The fourth-order valence-electron chi connectivity index (χ4n) is 1.76. The van der Waals surface area contributed by atoms with Crippen molar-refractivity contribution < 1.29 is 13.9 Å². The number of carbonyl (C=O) groups excluding carboxylic acids is 1. The molecular formula is C16H16FNO2. The van der Waals surface area contributed by atoms with E-state index in [-0.39, 0.29) is 11.9 Å². The average Bonchev–Trinajstić information content (AvgIpc) is 2.42. The van der Waals surface area contributed by atoms with E-state index in [0.29, 0.717) is 16.9 Å². The third kappa shape index (κ3) is 3.57. The van der Waals surface area contributed by atoms with Crippen molar-refractivity contribution in [2.24, 2.45) is 0 Å². The second-order valence-electron chi connectivity index (χ2n) is 4.58. The van der Waals surface area contributed by atoms with Crippen LogP contribution in [0, 0.1) is 12.7 Å². The van der Waals surface area contributed by atoms with Gasteiger partial charge in [-0.3, -0.25) is 0 Å². The van der Waals surface area contributed by atoms with Crippen LogP contribution >= 0.6 is 0 Å². The molecule has 2 aromatic carbocycles. The number of carbonyl (C=O) groups is 1. The van der Waals surface area contributed by atoms with Crippen LogP contribution < -0.4 is 10.1 Å². The Kier molecular flexibility index (Phi) is 4.35. The summed E-state index contributed by atoms with van der Waals surface area (Å²) < 4.78 is 18.6. The number of nitrogens with one attached hydrogen (secondary N) is 1. The lowest BCUT2D eigenvalue weighted by Crippen LogP contribution is -2.29. The van der Waals surface area contributed by atoms with Crippen molar-refractivity contribution in [3.63, 3.8) is 0 Å². The zero-order chi connectivity index (χ0) is 14.5. The summed E-state index contributed by atoms with van der Waals surface area (Å²) in [4.78, 5) is 11.7. The molecule has 0 aliphatic heterocycles. The van der Waals surface area contributed by atoms with Crippen molar-refractivity contribution in [3.05, 3.63) is 65.5 Å². The molecule has 0 spiro atoms. The van der Waals surface area contributed by atoms with Crippen molar-refractivity contribution in [2.45, 2.75) is 19.9 Å². The van der Waals surface area contributed by atoms with Gasteiger partial charge in [-0.1, -0.05) is 30.3 Å². The maximum absolute atomic E-state index is 13.5. The van der Waals surface area contributed by atoms with Crippen LogP contribution in [0.3, 0.4) is 0 Å². The number of amides is 1. The largest absolute Gasteiger partial charge is 0.413 e. The van der Waals surface area contributed by atoms with E-state index in [2.05, 4.69) is 5.32 Å². The van der Waals surface area contributed by atoms with Gasteiger partial charge in [0.15, 0.2) is 0 Å². The van der Waals surface area contributed by atoms with E-state index >= 15 is 0 Å². The summed E-state index contributed by atoms with van der Waals surface area (Å²) in [7, 11) is 0. The van der Waals surface area contributed by atoms with Crippen LogP contribution in [0.25, 0.3) is 0 Å². The van der Waals surface area contributed by atoms with Gasteiger partial charge in [0.05, 0.1) is 6.04 Å². The number of para-hydroxylation sites is 1. The van der Waals surface area contributed by atoms with Crippen LogP contribution in [0.15, 0.2) is 48.5 Å². The van der Waals surface area contributed by atoms with Gasteiger partial charge < -0.3 is 10.1 Å². The molecule has 0 saturated heterocycles. The van der Waals surface area contributed by atoms with Crippen LogP contribution in [-0.2, 0) is 0 Å². The smallest absolute Gasteiger partial charge is 0.410 e. The zero-order valence-electron chi connectivity index (χ0n) is 11.4. The Balaban J connectivity index is 1.98. The molecular weight excluding hydrogens is 257 g/mol. The monoisotopic (exact) mass is 273 g/mol. The van der Waals surface area contributed by atoms with Crippen molar-refractivity contribution in [1.29, 1.82) is 0 Å². The lowest BCUT2D eigenvalue weighted by atomic mass is 10.1. The fraction of sp³-hybridized carbons (Fsp3) is 0.188. The number of benzene rings is 2. The molecule has 0 aromatic heterocycles. The highest BCUT2D eigenvalue weighted by Crippen LogP contribution is 2.17. The number of rotatable bonds is 3. The molecule has 0 bridgehead atoms. The first kappa shape index (κ1) is 14.1. The Morgan fingerprint density at radius 3 is 2.55 bits per heavy atom. The Bertz CT molecular complexity index is 599. The van der Waals surface area contributed by atoms with Gasteiger partial charge in [0.2, 0.25) is 0 Å². The molecule has 0 saturated carbocycles. The van der Waals surface area contributed by atoms with Gasteiger partial charge in [0.25, 0.3) is 0 Å². The molecule has 0 heterocycles. The number of hydrogen-bond acceptors (Lipinski definition) is 2. The molecule has 0 radical (unpaired) electrons. The topological polar surface area (TPSA) is 38.3 Å². The highest BCUT2D eigenvalue weighted by atomic mass is 19.1. The van der Waals surface area contributed by atoms with E-state index in [0.717, 1.165) is 0 Å². The number of halogens is 1. The molecule has 104 valence electrons. The summed E-state index contributed by atoms with van der Waals surface area (Å²) in [5, 5.41) is 2.66. The standard InChI is InChI=1S/C16H16FNO2/c1-11-8-9-13(10-15(11)17)12(2)18-16(19)20-14-6-4-3-5-7-14/h3-10,12H,1-2H3,(H,18,19). The van der Waals surface area contributed by atoms with E-state index in [1.165, 1.54) is 6.07 Å². The van der Waals surface area contributed by atoms with E-state index in [9.17, 15) is 9.18 Å². The molecule has 3 nitrogen and oxygen atoms in total. The minimum atomic E-state index is -0.565. The van der Waals surface area contributed by atoms with E-state index in [1.807, 2.05) is 6.07 Å². The third-order valence-electron chi connectivity index (χ3n) is 2.98. The fourth-order valence-corrected chi connectivity index (χ4v) is 1.76. The van der Waals surface area contributed by atoms with Crippen molar-refractivity contribution in [1.82, 2.24) is 5.32 Å². The summed E-state index contributed by atoms with van der Waals surface area (Å²) in [6.45, 7) is 3.47. The van der Waals surface area contributed by atoms with E-state index < -0.39 is 6.09 Å². The molecule has 0 aliphatic carbocycles. The van der Waals surface area contributed by atoms with Crippen molar-refractivity contribution >= 4 is 6.09 Å². The first-order valence-corrected chi connectivity index (χ1v) is 6.35. The molecule has 4 heteroatoms. The normalized spacial score (nSPS) is 11.8. The van der Waals surface area contributed by atoms with Crippen LogP contribution in [0.5, 0.6) is 5.75 Å². The van der Waals surface area contributed by atoms with Crippen LogP contribution in [0.2, 0.25) is 0 Å².